The monoisotopic (exact) mass is 236 g/mol. The van der Waals surface area contributed by atoms with Gasteiger partial charge in [-0.2, -0.15) is 0 Å². The molecule has 0 aromatic carbocycles. The van der Waals surface area contributed by atoms with Crippen molar-refractivity contribution in [1.82, 2.24) is 9.55 Å². The van der Waals surface area contributed by atoms with Crippen molar-refractivity contribution >= 4 is 5.82 Å². The number of nitrogens with two attached hydrogens (primary N) is 1. The van der Waals surface area contributed by atoms with Gasteiger partial charge in [0.05, 0.1) is 0 Å². The molecule has 0 spiro atoms. The summed E-state index contributed by atoms with van der Waals surface area (Å²) in [6.07, 6.45) is 5.69. The van der Waals surface area contributed by atoms with Crippen LogP contribution in [0.2, 0.25) is 0 Å². The molecule has 1 saturated carbocycles. The van der Waals surface area contributed by atoms with Crippen LogP contribution in [-0.4, -0.2) is 28.7 Å². The zero-order valence-corrected chi connectivity index (χ0v) is 10.5. The molecule has 1 aliphatic carbocycles. The predicted octanol–water partition coefficient (Wildman–Crippen LogP) is 0.752. The average Bonchev–Trinajstić information content (AvgIpc) is 3.10. The summed E-state index contributed by atoms with van der Waals surface area (Å²) in [6, 6.07) is 0.616. The van der Waals surface area contributed by atoms with Crippen molar-refractivity contribution in [3.63, 3.8) is 0 Å². The van der Waals surface area contributed by atoms with Crippen LogP contribution in [0.1, 0.15) is 32.7 Å². The molecule has 1 heterocycles. The molecule has 2 N–H and O–H groups in total. The van der Waals surface area contributed by atoms with Crippen molar-refractivity contribution in [1.29, 1.82) is 0 Å². The predicted molar refractivity (Wildman–Crippen MR) is 68.3 cm³/mol. The molecule has 94 valence electrons. The van der Waals surface area contributed by atoms with Gasteiger partial charge in [0.1, 0.15) is 0 Å². The van der Waals surface area contributed by atoms with Crippen molar-refractivity contribution in [3.8, 4) is 0 Å². The van der Waals surface area contributed by atoms with E-state index < -0.39 is 0 Å². The van der Waals surface area contributed by atoms with Gasteiger partial charge in [-0.05, 0) is 26.7 Å². The van der Waals surface area contributed by atoms with Gasteiger partial charge in [-0.1, -0.05) is 0 Å². The third-order valence-corrected chi connectivity index (χ3v) is 3.06. The Balaban J connectivity index is 2.35. The third-order valence-electron chi connectivity index (χ3n) is 3.06. The van der Waals surface area contributed by atoms with Gasteiger partial charge < -0.3 is 15.2 Å². The minimum Gasteiger partial charge on any atom is -0.348 e. The highest BCUT2D eigenvalue weighted by atomic mass is 16.1. The third kappa shape index (κ3) is 2.49. The van der Waals surface area contributed by atoms with Crippen LogP contribution >= 0.6 is 0 Å². The van der Waals surface area contributed by atoms with Gasteiger partial charge in [-0.3, -0.25) is 4.79 Å². The van der Waals surface area contributed by atoms with E-state index in [2.05, 4.69) is 4.98 Å². The topological polar surface area (TPSA) is 64.2 Å². The van der Waals surface area contributed by atoms with Crippen LogP contribution in [0.5, 0.6) is 0 Å². The standard InChI is InChI=1S/C12H20N4O/c1-9(2)15(7-5-13)11-12(17)16(8-6-14-11)10-3-4-10/h6,8-10H,3-5,7,13H2,1-2H3. The summed E-state index contributed by atoms with van der Waals surface area (Å²) >= 11 is 0. The fourth-order valence-electron chi connectivity index (χ4n) is 2.00. The Morgan fingerprint density at radius 2 is 2.29 bits per heavy atom. The van der Waals surface area contributed by atoms with E-state index in [0.29, 0.717) is 24.9 Å². The second-order valence-corrected chi connectivity index (χ2v) is 4.77. The first-order chi connectivity index (χ1) is 8.15. The summed E-state index contributed by atoms with van der Waals surface area (Å²) in [5, 5.41) is 0. The number of aromatic nitrogens is 2. The Morgan fingerprint density at radius 3 is 2.82 bits per heavy atom. The molecule has 1 aliphatic rings. The van der Waals surface area contributed by atoms with Gasteiger partial charge in [0, 0.05) is 37.6 Å². The van der Waals surface area contributed by atoms with Gasteiger partial charge in [0.2, 0.25) is 0 Å². The van der Waals surface area contributed by atoms with Crippen LogP contribution < -0.4 is 16.2 Å². The molecule has 1 fully saturated rings. The summed E-state index contributed by atoms with van der Waals surface area (Å²) < 4.78 is 1.80. The van der Waals surface area contributed by atoms with E-state index in [1.54, 1.807) is 17.0 Å². The summed E-state index contributed by atoms with van der Waals surface area (Å²) in [5.74, 6) is 0.528. The first-order valence-corrected chi connectivity index (χ1v) is 6.19. The van der Waals surface area contributed by atoms with Crippen LogP contribution in [-0.2, 0) is 0 Å². The lowest BCUT2D eigenvalue weighted by Gasteiger charge is -2.26. The van der Waals surface area contributed by atoms with Gasteiger partial charge in [0.15, 0.2) is 5.82 Å². The first kappa shape index (κ1) is 12.1. The second kappa shape index (κ2) is 4.87. The van der Waals surface area contributed by atoms with Crippen LogP contribution in [0.4, 0.5) is 5.82 Å². The molecule has 5 nitrogen and oxygen atoms in total. The highest BCUT2D eigenvalue weighted by Gasteiger charge is 2.26. The van der Waals surface area contributed by atoms with Crippen LogP contribution in [0.15, 0.2) is 17.2 Å². The minimum absolute atomic E-state index is 0.0113. The van der Waals surface area contributed by atoms with E-state index in [-0.39, 0.29) is 11.6 Å². The zero-order chi connectivity index (χ0) is 12.4. The Morgan fingerprint density at radius 1 is 1.59 bits per heavy atom. The lowest BCUT2D eigenvalue weighted by atomic mass is 10.3. The van der Waals surface area contributed by atoms with Crippen molar-refractivity contribution in [2.75, 3.05) is 18.0 Å². The molecular formula is C12H20N4O. The van der Waals surface area contributed by atoms with Crippen LogP contribution in [0.3, 0.4) is 0 Å². The molecule has 1 aromatic rings. The highest BCUT2D eigenvalue weighted by Crippen LogP contribution is 2.33. The second-order valence-electron chi connectivity index (χ2n) is 4.77. The highest BCUT2D eigenvalue weighted by molar-refractivity contribution is 5.37. The van der Waals surface area contributed by atoms with E-state index >= 15 is 0 Å². The Kier molecular flexibility index (Phi) is 3.47. The van der Waals surface area contributed by atoms with Gasteiger partial charge in [-0.15, -0.1) is 0 Å². The van der Waals surface area contributed by atoms with E-state index in [9.17, 15) is 4.79 Å². The van der Waals surface area contributed by atoms with E-state index in [1.807, 2.05) is 18.7 Å². The molecule has 0 saturated heterocycles. The summed E-state index contributed by atoms with van der Waals surface area (Å²) in [6.45, 7) is 5.28. The Bertz CT molecular complexity index is 436. The number of rotatable bonds is 5. The molecule has 0 unspecified atom stereocenters. The number of anilines is 1. The molecule has 0 aliphatic heterocycles. The fourth-order valence-corrected chi connectivity index (χ4v) is 2.00. The van der Waals surface area contributed by atoms with Crippen molar-refractivity contribution < 1.29 is 0 Å². The van der Waals surface area contributed by atoms with Crippen molar-refractivity contribution in [3.05, 3.63) is 22.7 Å². The zero-order valence-electron chi connectivity index (χ0n) is 10.5. The van der Waals surface area contributed by atoms with Gasteiger partial charge in [-0.25, -0.2) is 4.98 Å². The van der Waals surface area contributed by atoms with E-state index in [4.69, 9.17) is 5.73 Å². The smallest absolute Gasteiger partial charge is 0.293 e. The Hall–Kier alpha value is -1.36. The molecule has 5 heteroatoms. The molecule has 0 bridgehead atoms. The summed E-state index contributed by atoms with van der Waals surface area (Å²) in [4.78, 5) is 18.5. The molecular weight excluding hydrogens is 216 g/mol. The number of nitrogens with zero attached hydrogens (tertiary/aromatic N) is 3. The lowest BCUT2D eigenvalue weighted by molar-refractivity contribution is 0.642. The van der Waals surface area contributed by atoms with E-state index in [1.165, 1.54) is 0 Å². The first-order valence-electron chi connectivity index (χ1n) is 6.19. The minimum atomic E-state index is 0.0113. The van der Waals surface area contributed by atoms with Gasteiger partial charge in [0.25, 0.3) is 5.56 Å². The quantitative estimate of drug-likeness (QED) is 0.819. The summed E-state index contributed by atoms with van der Waals surface area (Å²) in [7, 11) is 0. The van der Waals surface area contributed by atoms with Gasteiger partial charge >= 0.3 is 0 Å². The number of hydrogen-bond donors (Lipinski definition) is 1. The summed E-state index contributed by atoms with van der Waals surface area (Å²) in [5.41, 5.74) is 5.60. The SMILES string of the molecule is CC(C)N(CCN)c1nccn(C2CC2)c1=O. The van der Waals surface area contributed by atoms with E-state index in [0.717, 1.165) is 12.8 Å². The molecule has 0 atom stereocenters. The molecule has 17 heavy (non-hydrogen) atoms. The van der Waals surface area contributed by atoms with Crippen LogP contribution in [0.25, 0.3) is 0 Å². The molecule has 1 aromatic heterocycles. The maximum atomic E-state index is 12.3. The number of hydrogen-bond acceptors (Lipinski definition) is 4. The molecule has 2 rings (SSSR count). The maximum absolute atomic E-state index is 12.3. The largest absolute Gasteiger partial charge is 0.348 e. The molecule has 0 radical (unpaired) electrons. The fraction of sp³-hybridized carbons (Fsp3) is 0.667. The Labute approximate surface area is 101 Å². The normalized spacial score (nSPS) is 15.3. The molecule has 0 amide bonds. The maximum Gasteiger partial charge on any atom is 0.293 e. The lowest BCUT2D eigenvalue weighted by Crippen LogP contribution is -2.40. The van der Waals surface area contributed by atoms with Crippen molar-refractivity contribution in [2.24, 2.45) is 5.73 Å². The van der Waals surface area contributed by atoms with Crippen molar-refractivity contribution in [2.45, 2.75) is 38.8 Å². The van der Waals surface area contributed by atoms with Crippen LogP contribution in [0, 0.1) is 0 Å². The average molecular weight is 236 g/mol.